The molecule has 1 aliphatic rings. The molecule has 0 bridgehead atoms. The summed E-state index contributed by atoms with van der Waals surface area (Å²) in [5.41, 5.74) is 10.5. The molecule has 0 aromatic carbocycles. The van der Waals surface area contributed by atoms with E-state index in [1.54, 1.807) is 6.07 Å². The maximum atomic E-state index is 13.4. The molecule has 0 amide bonds. The maximum Gasteiger partial charge on any atom is 0.195 e. The molecular formula is C11H17FN6. The zero-order valence-electron chi connectivity index (χ0n) is 10.3. The molecule has 1 fully saturated rings. The molecular weight excluding hydrogens is 235 g/mol. The van der Waals surface area contributed by atoms with Crippen molar-refractivity contribution in [2.75, 3.05) is 30.8 Å². The Balaban J connectivity index is 0.000000574. The largest absolute Gasteiger partial charge is 0.383 e. The first-order chi connectivity index (χ1) is 8.75. The molecule has 98 valence electrons. The predicted octanol–water partition coefficient (Wildman–Crippen LogP) is 0.626. The Labute approximate surface area is 104 Å². The zero-order chi connectivity index (χ0) is 13.1. The van der Waals surface area contributed by atoms with Crippen LogP contribution in [0.25, 0.3) is 5.65 Å². The minimum absolute atomic E-state index is 0.196. The Morgan fingerprint density at radius 2 is 1.94 bits per heavy atom. The van der Waals surface area contributed by atoms with E-state index in [-0.39, 0.29) is 5.65 Å². The van der Waals surface area contributed by atoms with Gasteiger partial charge in [0.25, 0.3) is 0 Å². The van der Waals surface area contributed by atoms with Gasteiger partial charge in [0, 0.05) is 19.2 Å². The van der Waals surface area contributed by atoms with E-state index in [4.69, 9.17) is 5.73 Å². The van der Waals surface area contributed by atoms with Crippen molar-refractivity contribution < 1.29 is 4.39 Å². The van der Waals surface area contributed by atoms with Crippen molar-refractivity contribution >= 4 is 17.3 Å². The van der Waals surface area contributed by atoms with E-state index >= 15 is 0 Å². The molecule has 18 heavy (non-hydrogen) atoms. The smallest absolute Gasteiger partial charge is 0.195 e. The van der Waals surface area contributed by atoms with Crippen molar-refractivity contribution in [2.45, 2.75) is 12.8 Å². The number of halogens is 1. The van der Waals surface area contributed by atoms with E-state index in [1.165, 1.54) is 11.6 Å². The summed E-state index contributed by atoms with van der Waals surface area (Å²) in [6.07, 6.45) is 3.43. The van der Waals surface area contributed by atoms with E-state index in [9.17, 15) is 4.39 Å². The summed E-state index contributed by atoms with van der Waals surface area (Å²) < 4.78 is 14.7. The lowest BCUT2D eigenvalue weighted by molar-refractivity contribution is 0.635. The van der Waals surface area contributed by atoms with E-state index in [0.29, 0.717) is 5.82 Å². The van der Waals surface area contributed by atoms with Gasteiger partial charge in [0.15, 0.2) is 11.5 Å². The van der Waals surface area contributed by atoms with E-state index < -0.39 is 5.82 Å². The number of hydrogen-bond donors (Lipinski definition) is 2. The number of anilines is 2. The van der Waals surface area contributed by atoms with Crippen LogP contribution in [0.2, 0.25) is 0 Å². The van der Waals surface area contributed by atoms with E-state index in [0.717, 1.165) is 37.9 Å². The van der Waals surface area contributed by atoms with Gasteiger partial charge in [0.05, 0.1) is 6.20 Å². The van der Waals surface area contributed by atoms with Crippen LogP contribution < -0.4 is 16.4 Å². The summed E-state index contributed by atoms with van der Waals surface area (Å²) in [6, 6.07) is 1.74. The number of nitrogen functional groups attached to an aromatic ring is 1. The average Bonchev–Trinajstić information content (AvgIpc) is 3.02. The highest BCUT2D eigenvalue weighted by atomic mass is 19.1. The monoisotopic (exact) mass is 252 g/mol. The lowest BCUT2D eigenvalue weighted by atomic mass is 10.4. The van der Waals surface area contributed by atoms with Crippen LogP contribution in [0.1, 0.15) is 12.8 Å². The molecule has 0 aliphatic carbocycles. The van der Waals surface area contributed by atoms with Gasteiger partial charge in [-0.2, -0.15) is 9.61 Å². The van der Waals surface area contributed by atoms with Crippen LogP contribution in [-0.4, -0.2) is 34.7 Å². The third kappa shape index (κ3) is 2.08. The number of nitrogens with zero attached hydrogens (tertiary/aromatic N) is 4. The van der Waals surface area contributed by atoms with Crippen LogP contribution in [0, 0.1) is 5.82 Å². The Morgan fingerprint density at radius 3 is 2.61 bits per heavy atom. The number of fused-ring (bicyclic) bond motifs is 1. The summed E-state index contributed by atoms with van der Waals surface area (Å²) in [4.78, 5) is 6.36. The van der Waals surface area contributed by atoms with Gasteiger partial charge >= 0.3 is 0 Å². The molecule has 3 rings (SSSR count). The minimum Gasteiger partial charge on any atom is -0.383 e. The number of aromatic nitrogens is 3. The molecule has 0 saturated carbocycles. The Hall–Kier alpha value is -1.89. The van der Waals surface area contributed by atoms with Gasteiger partial charge in [-0.05, 0) is 19.9 Å². The van der Waals surface area contributed by atoms with Crippen LogP contribution in [0.3, 0.4) is 0 Å². The van der Waals surface area contributed by atoms with Gasteiger partial charge in [-0.3, -0.25) is 0 Å². The van der Waals surface area contributed by atoms with Gasteiger partial charge < -0.3 is 16.4 Å². The summed E-state index contributed by atoms with van der Waals surface area (Å²) in [5.74, 6) is 0.713. The number of rotatable bonds is 1. The van der Waals surface area contributed by atoms with Gasteiger partial charge in [0.2, 0.25) is 0 Å². The molecule has 6 nitrogen and oxygen atoms in total. The predicted molar refractivity (Wildman–Crippen MR) is 68.9 cm³/mol. The molecule has 1 aliphatic heterocycles. The quantitative estimate of drug-likeness (QED) is 0.777. The van der Waals surface area contributed by atoms with Crippen molar-refractivity contribution in [3.05, 3.63) is 18.1 Å². The molecule has 1 saturated heterocycles. The van der Waals surface area contributed by atoms with Crippen LogP contribution in [0.5, 0.6) is 0 Å². The summed E-state index contributed by atoms with van der Waals surface area (Å²) in [7, 11) is 1.50. The molecule has 0 spiro atoms. The second kappa shape index (κ2) is 5.18. The standard InChI is InChI=1S/C10H12FN5.CH5N/c11-7-6-13-16-8(12)5-9(14-10(7)16)15-3-1-2-4-15;1-2/h5-6H,1-4,12H2;2H2,1H3. The fourth-order valence-corrected chi connectivity index (χ4v) is 2.05. The lowest BCUT2D eigenvalue weighted by Crippen LogP contribution is -2.20. The first-order valence-corrected chi connectivity index (χ1v) is 5.88. The Morgan fingerprint density at radius 1 is 1.28 bits per heavy atom. The Kier molecular flexibility index (Phi) is 3.61. The van der Waals surface area contributed by atoms with Gasteiger partial charge in [-0.25, -0.2) is 9.37 Å². The number of nitrogens with two attached hydrogens (primary N) is 2. The van der Waals surface area contributed by atoms with Crippen LogP contribution in [0.4, 0.5) is 16.0 Å². The highest BCUT2D eigenvalue weighted by molar-refractivity contribution is 5.56. The van der Waals surface area contributed by atoms with Crippen molar-refractivity contribution in [3.8, 4) is 0 Å². The summed E-state index contributed by atoms with van der Waals surface area (Å²) in [5, 5.41) is 3.82. The lowest BCUT2D eigenvalue weighted by Gasteiger charge is -2.16. The second-order valence-electron chi connectivity index (χ2n) is 3.96. The second-order valence-corrected chi connectivity index (χ2v) is 3.96. The van der Waals surface area contributed by atoms with Gasteiger partial charge in [0.1, 0.15) is 11.6 Å². The molecule has 2 aromatic rings. The van der Waals surface area contributed by atoms with Crippen molar-refractivity contribution in [1.29, 1.82) is 0 Å². The van der Waals surface area contributed by atoms with E-state index in [2.05, 4.69) is 20.7 Å². The van der Waals surface area contributed by atoms with Crippen molar-refractivity contribution in [1.82, 2.24) is 14.6 Å². The van der Waals surface area contributed by atoms with Gasteiger partial charge in [-0.15, -0.1) is 0 Å². The zero-order valence-corrected chi connectivity index (χ0v) is 10.3. The highest BCUT2D eigenvalue weighted by Crippen LogP contribution is 2.22. The molecule has 0 atom stereocenters. The number of hydrogen-bond acceptors (Lipinski definition) is 5. The molecule has 2 aromatic heterocycles. The first kappa shape index (κ1) is 12.6. The third-order valence-corrected chi connectivity index (χ3v) is 2.87. The van der Waals surface area contributed by atoms with Crippen molar-refractivity contribution in [3.63, 3.8) is 0 Å². The molecule has 0 unspecified atom stereocenters. The van der Waals surface area contributed by atoms with Gasteiger partial charge in [-0.1, -0.05) is 0 Å². The molecule has 4 N–H and O–H groups in total. The topological polar surface area (TPSA) is 85.5 Å². The minimum atomic E-state index is -0.437. The summed E-state index contributed by atoms with van der Waals surface area (Å²) in [6.45, 7) is 1.91. The Bertz CT molecular complexity index is 532. The third-order valence-electron chi connectivity index (χ3n) is 2.87. The van der Waals surface area contributed by atoms with Crippen LogP contribution in [0.15, 0.2) is 12.3 Å². The highest BCUT2D eigenvalue weighted by Gasteiger charge is 2.16. The molecule has 7 heteroatoms. The molecule has 3 heterocycles. The molecule has 0 radical (unpaired) electrons. The average molecular weight is 252 g/mol. The normalized spacial score (nSPS) is 14.7. The SMILES string of the molecule is CN.Nc1cc(N2CCCC2)nc2c(F)cnn12. The maximum absolute atomic E-state index is 13.4. The van der Waals surface area contributed by atoms with Crippen LogP contribution >= 0.6 is 0 Å². The van der Waals surface area contributed by atoms with Crippen LogP contribution in [-0.2, 0) is 0 Å². The first-order valence-electron chi connectivity index (χ1n) is 5.88. The fraction of sp³-hybridized carbons (Fsp3) is 0.455. The fourth-order valence-electron chi connectivity index (χ4n) is 2.05. The van der Waals surface area contributed by atoms with Crippen molar-refractivity contribution in [2.24, 2.45) is 5.73 Å². The van der Waals surface area contributed by atoms with E-state index in [1.807, 2.05) is 0 Å². The summed E-state index contributed by atoms with van der Waals surface area (Å²) >= 11 is 0.